The van der Waals surface area contributed by atoms with Gasteiger partial charge in [-0.05, 0) is 57.9 Å². The van der Waals surface area contributed by atoms with Crippen molar-refractivity contribution in [2.75, 3.05) is 7.05 Å². The lowest BCUT2D eigenvalue weighted by Crippen LogP contribution is -2.42. The highest BCUT2D eigenvalue weighted by Gasteiger charge is 2.26. The minimum absolute atomic E-state index is 0.0461. The van der Waals surface area contributed by atoms with Crippen molar-refractivity contribution in [3.05, 3.63) is 41.1 Å². The zero-order valence-corrected chi connectivity index (χ0v) is 14.0. The van der Waals surface area contributed by atoms with Crippen molar-refractivity contribution in [3.8, 4) is 0 Å². The highest BCUT2D eigenvalue weighted by Crippen LogP contribution is 2.33. The first-order valence-corrected chi connectivity index (χ1v) is 8.00. The van der Waals surface area contributed by atoms with Gasteiger partial charge in [0.1, 0.15) is 6.10 Å². The topological polar surface area (TPSA) is 50.9 Å². The molecule has 0 spiro atoms. The number of nitrogens with zero attached hydrogens (tertiary/aromatic N) is 3. The molecule has 1 fully saturated rings. The molecular weight excluding hydrogens is 278 g/mol. The minimum atomic E-state index is -0.278. The molecule has 0 aliphatic heterocycles. The summed E-state index contributed by atoms with van der Waals surface area (Å²) in [5, 5.41) is 17.1. The Hall–Kier alpha value is -1.78. The summed E-state index contributed by atoms with van der Waals surface area (Å²) in [5.41, 5.74) is 1.12. The van der Waals surface area contributed by atoms with Crippen LogP contribution in [0.5, 0.6) is 0 Å². The van der Waals surface area contributed by atoms with Gasteiger partial charge in [0.2, 0.25) is 5.28 Å². The molecule has 1 aromatic rings. The van der Waals surface area contributed by atoms with Crippen LogP contribution in [0.25, 0.3) is 0 Å². The van der Waals surface area contributed by atoms with E-state index in [1.165, 1.54) is 10.6 Å². The quantitative estimate of drug-likeness (QED) is 0.474. The zero-order valence-electron chi connectivity index (χ0n) is 14.0. The van der Waals surface area contributed by atoms with Crippen molar-refractivity contribution in [3.63, 3.8) is 0 Å². The predicted octanol–water partition coefficient (Wildman–Crippen LogP) is 4.25. The summed E-state index contributed by atoms with van der Waals surface area (Å²) in [6.45, 7) is 5.87. The van der Waals surface area contributed by atoms with Gasteiger partial charge >= 0.3 is 0 Å². The van der Waals surface area contributed by atoms with Crippen LogP contribution in [0.3, 0.4) is 0 Å². The molecule has 0 saturated heterocycles. The second kappa shape index (κ2) is 6.99. The van der Waals surface area contributed by atoms with E-state index in [2.05, 4.69) is 29.5 Å². The van der Waals surface area contributed by atoms with E-state index in [1.807, 2.05) is 26.8 Å². The summed E-state index contributed by atoms with van der Waals surface area (Å²) in [6, 6.07) is 10.6. The molecule has 2 rings (SSSR count). The Morgan fingerprint density at radius 2 is 1.73 bits per heavy atom. The van der Waals surface area contributed by atoms with E-state index >= 15 is 0 Å². The van der Waals surface area contributed by atoms with E-state index in [0.29, 0.717) is 10.9 Å². The van der Waals surface area contributed by atoms with Crippen LogP contribution < -0.4 is 0 Å². The maximum atomic E-state index is 11.9. The monoisotopic (exact) mass is 305 g/mol. The Morgan fingerprint density at radius 3 is 2.27 bits per heavy atom. The summed E-state index contributed by atoms with van der Waals surface area (Å²) in [5.74, 6) is 0.599. The molecule has 0 aromatic heterocycles. The first-order valence-electron chi connectivity index (χ1n) is 8.00. The van der Waals surface area contributed by atoms with Crippen LogP contribution in [0, 0.1) is 5.21 Å². The third-order valence-electron chi connectivity index (χ3n) is 4.44. The molecule has 5 nitrogen and oxygen atoms in total. The zero-order chi connectivity index (χ0) is 16.2. The highest BCUT2D eigenvalue weighted by molar-refractivity contribution is 5.19. The van der Waals surface area contributed by atoms with Gasteiger partial charge in [0.15, 0.2) is 0 Å². The van der Waals surface area contributed by atoms with Crippen LogP contribution in [0.1, 0.15) is 57.9 Å². The lowest BCUT2D eigenvalue weighted by Gasteiger charge is -2.28. The standard InChI is InChI=1S/C17H27N3O2/c1-17(2,3)19(4)20(21)18-22-16-12-10-15(11-13-16)14-8-6-5-7-9-14/h5-9,15-16H,10-13H2,1-4H3/b20-18-/t15-,16-. The molecule has 1 aromatic carbocycles. The van der Waals surface area contributed by atoms with Gasteiger partial charge in [-0.1, -0.05) is 30.3 Å². The molecule has 22 heavy (non-hydrogen) atoms. The Balaban J connectivity index is 1.83. The van der Waals surface area contributed by atoms with Crippen molar-refractivity contribution < 1.29 is 9.81 Å². The molecule has 122 valence electrons. The van der Waals surface area contributed by atoms with Crippen LogP contribution >= 0.6 is 0 Å². The Morgan fingerprint density at radius 1 is 1.14 bits per heavy atom. The molecular formula is C17H27N3O2. The first-order chi connectivity index (χ1) is 10.4. The molecule has 1 aliphatic rings. The average Bonchev–Trinajstić information content (AvgIpc) is 2.52. The van der Waals surface area contributed by atoms with Crippen molar-refractivity contribution in [2.45, 2.75) is 64.0 Å². The summed E-state index contributed by atoms with van der Waals surface area (Å²) < 4.78 is 0. The van der Waals surface area contributed by atoms with E-state index in [-0.39, 0.29) is 11.6 Å². The Kier molecular flexibility index (Phi) is 5.27. The largest absolute Gasteiger partial charge is 0.569 e. The van der Waals surface area contributed by atoms with Gasteiger partial charge in [-0.2, -0.15) is 0 Å². The van der Waals surface area contributed by atoms with E-state index in [4.69, 9.17) is 4.84 Å². The maximum Gasteiger partial charge on any atom is 0.233 e. The third-order valence-corrected chi connectivity index (χ3v) is 4.44. The minimum Gasteiger partial charge on any atom is -0.569 e. The third kappa shape index (κ3) is 4.36. The molecule has 0 atom stereocenters. The van der Waals surface area contributed by atoms with Crippen LogP contribution in [0.2, 0.25) is 0 Å². The fourth-order valence-electron chi connectivity index (χ4n) is 2.65. The average molecular weight is 305 g/mol. The first kappa shape index (κ1) is 16.6. The predicted molar refractivity (Wildman–Crippen MR) is 86.1 cm³/mol. The number of hydrogen-bond donors (Lipinski definition) is 0. The number of hydrogen-bond acceptors (Lipinski definition) is 3. The highest BCUT2D eigenvalue weighted by atomic mass is 16.7. The number of benzene rings is 1. The summed E-state index contributed by atoms with van der Waals surface area (Å²) in [4.78, 5) is 5.99. The molecule has 0 N–H and O–H groups in total. The van der Waals surface area contributed by atoms with Crippen molar-refractivity contribution in [1.82, 2.24) is 5.01 Å². The van der Waals surface area contributed by atoms with Crippen molar-refractivity contribution >= 4 is 0 Å². The molecule has 5 heteroatoms. The number of hydrazine groups is 1. The maximum absolute atomic E-state index is 11.9. The summed E-state index contributed by atoms with van der Waals surface area (Å²) >= 11 is 0. The van der Waals surface area contributed by atoms with Gasteiger partial charge < -0.3 is 10.0 Å². The fraction of sp³-hybridized carbons (Fsp3) is 0.647. The van der Waals surface area contributed by atoms with Crippen LogP contribution in [-0.2, 0) is 4.84 Å². The summed E-state index contributed by atoms with van der Waals surface area (Å²) in [7, 11) is 1.71. The van der Waals surface area contributed by atoms with E-state index < -0.39 is 0 Å². The number of rotatable bonds is 4. The lowest BCUT2D eigenvalue weighted by atomic mass is 9.83. The second-order valence-electron chi connectivity index (χ2n) is 7.02. The second-order valence-corrected chi connectivity index (χ2v) is 7.02. The van der Waals surface area contributed by atoms with E-state index in [1.54, 1.807) is 7.05 Å². The molecule has 0 unspecified atom stereocenters. The molecule has 0 radical (unpaired) electrons. The lowest BCUT2D eigenvalue weighted by molar-refractivity contribution is -0.720. The normalized spacial score (nSPS) is 23.2. The molecule has 0 bridgehead atoms. The van der Waals surface area contributed by atoms with Crippen LogP contribution in [0.4, 0.5) is 0 Å². The molecule has 0 heterocycles. The summed E-state index contributed by atoms with van der Waals surface area (Å²) in [6.07, 6.45) is 4.09. The van der Waals surface area contributed by atoms with E-state index in [0.717, 1.165) is 25.7 Å². The van der Waals surface area contributed by atoms with Gasteiger partial charge in [-0.3, -0.25) is 0 Å². The van der Waals surface area contributed by atoms with Crippen LogP contribution in [-0.4, -0.2) is 28.7 Å². The Bertz CT molecular complexity index is 488. The molecule has 1 saturated carbocycles. The van der Waals surface area contributed by atoms with E-state index in [9.17, 15) is 5.21 Å². The smallest absolute Gasteiger partial charge is 0.233 e. The van der Waals surface area contributed by atoms with Crippen LogP contribution in [0.15, 0.2) is 35.6 Å². The molecule has 0 amide bonds. The van der Waals surface area contributed by atoms with Gasteiger partial charge in [-0.15, -0.1) is 5.01 Å². The van der Waals surface area contributed by atoms with Gasteiger partial charge in [-0.25, -0.2) is 0 Å². The SMILES string of the molecule is CN(/[N+]([O-])=N/O[C@H]1CC[C@H](c2ccccc2)CC1)C(C)(C)C. The van der Waals surface area contributed by atoms with Gasteiger partial charge in [0.25, 0.3) is 0 Å². The van der Waals surface area contributed by atoms with Crippen molar-refractivity contribution in [2.24, 2.45) is 5.28 Å². The molecule has 1 aliphatic carbocycles. The van der Waals surface area contributed by atoms with Gasteiger partial charge in [0, 0.05) is 0 Å². The van der Waals surface area contributed by atoms with Crippen molar-refractivity contribution in [1.29, 1.82) is 0 Å². The Labute approximate surface area is 133 Å². The van der Waals surface area contributed by atoms with Gasteiger partial charge in [0.05, 0.1) is 17.6 Å². The fourth-order valence-corrected chi connectivity index (χ4v) is 2.65.